The molecule has 22 heavy (non-hydrogen) atoms. The van der Waals surface area contributed by atoms with Gasteiger partial charge in [0.05, 0.1) is 19.0 Å². The first-order valence-electron chi connectivity index (χ1n) is 6.83. The molecule has 0 aromatic carbocycles. The van der Waals surface area contributed by atoms with Crippen LogP contribution in [-0.4, -0.2) is 53.3 Å². The van der Waals surface area contributed by atoms with E-state index >= 15 is 0 Å². The van der Waals surface area contributed by atoms with Crippen molar-refractivity contribution in [1.82, 2.24) is 19.5 Å². The summed E-state index contributed by atoms with van der Waals surface area (Å²) in [6.45, 7) is 2.64. The lowest BCUT2D eigenvalue weighted by atomic mass is 10.2. The predicted molar refractivity (Wildman–Crippen MR) is 79.1 cm³/mol. The first-order chi connectivity index (χ1) is 10.3. The normalized spacial score (nSPS) is 21.7. The van der Waals surface area contributed by atoms with Crippen molar-refractivity contribution in [2.24, 2.45) is 0 Å². The number of hydrogen-bond donors (Lipinski definition) is 3. The average molecular weight is 331 g/mol. The second kappa shape index (κ2) is 6.84. The lowest BCUT2D eigenvalue weighted by Gasteiger charge is -2.13. The summed E-state index contributed by atoms with van der Waals surface area (Å²) in [5, 5.41) is 25.5. The predicted octanol–water partition coefficient (Wildman–Crippen LogP) is 0.857. The van der Waals surface area contributed by atoms with Crippen molar-refractivity contribution in [3.05, 3.63) is 17.8 Å². The van der Waals surface area contributed by atoms with E-state index in [4.69, 9.17) is 31.7 Å². The third kappa shape index (κ3) is 4.34. The standard InChI is InChI=1S/C10H11ClN4O2.C3H8O2/c11-9-8-10(13-4-12-9)15(5-14-8)7-2-1-6(3-16)17-7;1-3(2,4)5/h4-7,16H,1-3H2;4-5H,1-2H3. The molecule has 122 valence electrons. The molecular formula is C13H19ClN4O4. The first kappa shape index (κ1) is 17.0. The number of fused-ring (bicyclic) bond motifs is 1. The molecule has 1 aliphatic heterocycles. The van der Waals surface area contributed by atoms with E-state index in [1.165, 1.54) is 20.2 Å². The van der Waals surface area contributed by atoms with E-state index < -0.39 is 5.79 Å². The molecule has 1 saturated heterocycles. The Hall–Kier alpha value is -1.32. The van der Waals surface area contributed by atoms with Gasteiger partial charge in [-0.1, -0.05) is 11.6 Å². The number of rotatable bonds is 2. The van der Waals surface area contributed by atoms with E-state index in [0.29, 0.717) is 16.3 Å². The zero-order chi connectivity index (χ0) is 16.3. The van der Waals surface area contributed by atoms with Crippen LogP contribution in [0.5, 0.6) is 0 Å². The SMILES string of the molecule is CC(C)(O)O.OCC1CCC(n2cnc3c(Cl)ncnc32)O1. The maximum Gasteiger partial charge on any atom is 0.166 e. The summed E-state index contributed by atoms with van der Waals surface area (Å²) in [6, 6.07) is 0. The number of hydrogen-bond acceptors (Lipinski definition) is 7. The van der Waals surface area contributed by atoms with Crippen molar-refractivity contribution >= 4 is 22.8 Å². The highest BCUT2D eigenvalue weighted by molar-refractivity contribution is 6.33. The summed E-state index contributed by atoms with van der Waals surface area (Å²) in [4.78, 5) is 12.2. The number of aliphatic hydroxyl groups excluding tert-OH is 1. The fourth-order valence-corrected chi connectivity index (χ4v) is 2.24. The van der Waals surface area contributed by atoms with E-state index in [9.17, 15) is 0 Å². The summed E-state index contributed by atoms with van der Waals surface area (Å²) < 4.78 is 7.50. The first-order valence-corrected chi connectivity index (χ1v) is 7.21. The Kier molecular flexibility index (Phi) is 5.30. The van der Waals surface area contributed by atoms with Gasteiger partial charge < -0.3 is 20.1 Å². The van der Waals surface area contributed by atoms with Gasteiger partial charge in [-0.2, -0.15) is 0 Å². The van der Waals surface area contributed by atoms with Gasteiger partial charge in [-0.25, -0.2) is 15.0 Å². The molecule has 0 spiro atoms. The van der Waals surface area contributed by atoms with Gasteiger partial charge in [-0.15, -0.1) is 0 Å². The van der Waals surface area contributed by atoms with Gasteiger partial charge in [0.2, 0.25) is 0 Å². The Morgan fingerprint density at radius 3 is 2.59 bits per heavy atom. The van der Waals surface area contributed by atoms with Crippen molar-refractivity contribution in [3.8, 4) is 0 Å². The quantitative estimate of drug-likeness (QED) is 0.552. The molecule has 2 aromatic rings. The Bertz CT molecular complexity index is 622. The summed E-state index contributed by atoms with van der Waals surface area (Å²) in [5.41, 5.74) is 1.24. The van der Waals surface area contributed by atoms with Gasteiger partial charge in [-0.05, 0) is 26.7 Å². The lowest BCUT2D eigenvalue weighted by Crippen LogP contribution is -2.15. The summed E-state index contributed by atoms with van der Waals surface area (Å²) in [5.74, 6) is -1.50. The van der Waals surface area contributed by atoms with Gasteiger partial charge in [-0.3, -0.25) is 4.57 Å². The molecule has 1 fully saturated rings. The number of aromatic nitrogens is 4. The molecule has 3 rings (SSSR count). The van der Waals surface area contributed by atoms with E-state index in [-0.39, 0.29) is 18.9 Å². The van der Waals surface area contributed by atoms with Crippen LogP contribution in [0.4, 0.5) is 0 Å². The molecule has 2 aromatic heterocycles. The van der Waals surface area contributed by atoms with Crippen molar-refractivity contribution in [3.63, 3.8) is 0 Å². The maximum absolute atomic E-state index is 9.04. The third-order valence-electron chi connectivity index (χ3n) is 2.91. The van der Waals surface area contributed by atoms with Gasteiger partial charge in [0, 0.05) is 0 Å². The minimum absolute atomic E-state index is 0.0405. The highest BCUT2D eigenvalue weighted by Crippen LogP contribution is 2.30. The smallest absolute Gasteiger partial charge is 0.166 e. The van der Waals surface area contributed by atoms with Crippen LogP contribution in [0, 0.1) is 0 Å². The van der Waals surface area contributed by atoms with Crippen LogP contribution in [0.15, 0.2) is 12.7 Å². The lowest BCUT2D eigenvalue weighted by molar-refractivity contribution is -0.127. The largest absolute Gasteiger partial charge is 0.394 e. The Morgan fingerprint density at radius 1 is 1.32 bits per heavy atom. The highest BCUT2D eigenvalue weighted by atomic mass is 35.5. The van der Waals surface area contributed by atoms with Crippen LogP contribution in [-0.2, 0) is 4.74 Å². The van der Waals surface area contributed by atoms with E-state index in [0.717, 1.165) is 12.8 Å². The second-order valence-electron chi connectivity index (χ2n) is 5.46. The molecule has 3 N–H and O–H groups in total. The Labute approximate surface area is 132 Å². The fraction of sp³-hybridized carbons (Fsp3) is 0.615. The number of halogens is 1. The maximum atomic E-state index is 9.04. The number of imidazole rings is 1. The molecule has 0 amide bonds. The molecule has 2 atom stereocenters. The monoisotopic (exact) mass is 330 g/mol. The average Bonchev–Trinajstić information content (AvgIpc) is 3.02. The minimum Gasteiger partial charge on any atom is -0.394 e. The molecule has 3 heterocycles. The number of ether oxygens (including phenoxy) is 1. The number of nitrogens with zero attached hydrogens (tertiary/aromatic N) is 4. The minimum atomic E-state index is -1.50. The second-order valence-corrected chi connectivity index (χ2v) is 5.81. The molecular weight excluding hydrogens is 312 g/mol. The Morgan fingerprint density at radius 2 is 2.00 bits per heavy atom. The summed E-state index contributed by atoms with van der Waals surface area (Å²) in [7, 11) is 0. The van der Waals surface area contributed by atoms with Crippen LogP contribution >= 0.6 is 11.6 Å². The highest BCUT2D eigenvalue weighted by Gasteiger charge is 2.27. The van der Waals surface area contributed by atoms with Gasteiger partial charge in [0.25, 0.3) is 0 Å². The van der Waals surface area contributed by atoms with Crippen molar-refractivity contribution in [2.45, 2.75) is 44.8 Å². The molecule has 0 bridgehead atoms. The van der Waals surface area contributed by atoms with Crippen LogP contribution in [0.25, 0.3) is 11.2 Å². The Balaban J connectivity index is 0.000000309. The number of aliphatic hydroxyl groups is 3. The van der Waals surface area contributed by atoms with Gasteiger partial charge in [0.15, 0.2) is 16.6 Å². The molecule has 9 heteroatoms. The van der Waals surface area contributed by atoms with Crippen molar-refractivity contribution in [2.75, 3.05) is 6.61 Å². The van der Waals surface area contributed by atoms with Gasteiger partial charge >= 0.3 is 0 Å². The molecule has 2 unspecified atom stereocenters. The van der Waals surface area contributed by atoms with E-state index in [1.54, 1.807) is 6.33 Å². The zero-order valence-corrected chi connectivity index (χ0v) is 13.1. The van der Waals surface area contributed by atoms with Crippen LogP contribution < -0.4 is 0 Å². The van der Waals surface area contributed by atoms with Crippen LogP contribution in [0.2, 0.25) is 5.15 Å². The topological polar surface area (TPSA) is 114 Å². The van der Waals surface area contributed by atoms with Gasteiger partial charge in [0.1, 0.15) is 18.1 Å². The van der Waals surface area contributed by atoms with E-state index in [2.05, 4.69) is 15.0 Å². The van der Waals surface area contributed by atoms with Crippen LogP contribution in [0.1, 0.15) is 32.9 Å². The third-order valence-corrected chi connectivity index (χ3v) is 3.19. The fourth-order valence-electron chi connectivity index (χ4n) is 2.06. The molecule has 0 saturated carbocycles. The molecule has 8 nitrogen and oxygen atoms in total. The summed E-state index contributed by atoms with van der Waals surface area (Å²) >= 11 is 5.93. The van der Waals surface area contributed by atoms with Crippen molar-refractivity contribution < 1.29 is 20.1 Å². The molecule has 1 aliphatic rings. The summed E-state index contributed by atoms with van der Waals surface area (Å²) in [6.07, 6.45) is 4.48. The molecule has 0 aliphatic carbocycles. The molecule has 0 radical (unpaired) electrons. The zero-order valence-electron chi connectivity index (χ0n) is 12.3. The van der Waals surface area contributed by atoms with E-state index in [1.807, 2.05) is 4.57 Å². The van der Waals surface area contributed by atoms with Crippen molar-refractivity contribution in [1.29, 1.82) is 0 Å². The van der Waals surface area contributed by atoms with Crippen LogP contribution in [0.3, 0.4) is 0 Å².